The first kappa shape index (κ1) is 12.4. The van der Waals surface area contributed by atoms with Gasteiger partial charge in [-0.05, 0) is 58.3 Å². The summed E-state index contributed by atoms with van der Waals surface area (Å²) in [6, 6.07) is 6.02. The lowest BCUT2D eigenvalue weighted by Crippen LogP contribution is -2.09. The third-order valence-electron chi connectivity index (χ3n) is 3.44. The monoisotopic (exact) mass is 298 g/mol. The molecule has 2 rings (SSSR count). The first-order valence-corrected chi connectivity index (χ1v) is 6.42. The number of carboxylic acid groups (broad SMARTS) is 1. The van der Waals surface area contributed by atoms with Gasteiger partial charge in [0.15, 0.2) is 0 Å². The summed E-state index contributed by atoms with van der Waals surface area (Å²) in [4.78, 5) is 10.6. The van der Waals surface area contributed by atoms with Gasteiger partial charge in [-0.25, -0.2) is 0 Å². The molecule has 0 aliphatic heterocycles. The Morgan fingerprint density at radius 1 is 1.53 bits per heavy atom. The Labute approximate surface area is 109 Å². The molecule has 1 N–H and O–H groups in total. The molecule has 0 heterocycles. The van der Waals surface area contributed by atoms with Gasteiger partial charge in [-0.15, -0.1) is 0 Å². The molecule has 1 saturated carbocycles. The lowest BCUT2D eigenvalue weighted by Gasteiger charge is -2.15. The number of carboxylic acids is 1. The molecule has 0 atom stereocenters. The lowest BCUT2D eigenvalue weighted by atomic mass is 9.91. The average Bonchev–Trinajstić information content (AvgIpc) is 3.07. The van der Waals surface area contributed by atoms with Crippen LogP contribution < -0.4 is 4.74 Å². The highest BCUT2D eigenvalue weighted by atomic mass is 79.9. The molecule has 1 aromatic rings. The Kier molecular flexibility index (Phi) is 3.43. The van der Waals surface area contributed by atoms with Crippen LogP contribution in [0.3, 0.4) is 0 Å². The summed E-state index contributed by atoms with van der Waals surface area (Å²) < 4.78 is 6.12. The van der Waals surface area contributed by atoms with Gasteiger partial charge in [0.05, 0.1) is 11.6 Å². The van der Waals surface area contributed by atoms with E-state index in [-0.39, 0.29) is 11.8 Å². The summed E-state index contributed by atoms with van der Waals surface area (Å²) in [5.74, 6) is 0.0895. The SMILES string of the molecule is COc1ccc(C2(CCC(=O)O)CC2)cc1Br. The highest BCUT2D eigenvalue weighted by Gasteiger charge is 2.44. The highest BCUT2D eigenvalue weighted by Crippen LogP contribution is 2.52. The third-order valence-corrected chi connectivity index (χ3v) is 4.05. The van der Waals surface area contributed by atoms with Crippen LogP contribution >= 0.6 is 15.9 Å². The maximum absolute atomic E-state index is 10.6. The fourth-order valence-corrected chi connectivity index (χ4v) is 2.72. The van der Waals surface area contributed by atoms with Crippen LogP contribution in [0.15, 0.2) is 22.7 Å². The normalized spacial score (nSPS) is 16.6. The van der Waals surface area contributed by atoms with E-state index in [1.807, 2.05) is 18.2 Å². The molecule has 0 radical (unpaired) electrons. The minimum Gasteiger partial charge on any atom is -0.496 e. The van der Waals surface area contributed by atoms with Crippen LogP contribution in [0.2, 0.25) is 0 Å². The van der Waals surface area contributed by atoms with Crippen molar-refractivity contribution in [1.29, 1.82) is 0 Å². The van der Waals surface area contributed by atoms with Crippen molar-refractivity contribution in [2.75, 3.05) is 7.11 Å². The molecule has 1 aliphatic carbocycles. The number of methoxy groups -OCH3 is 1. The number of halogens is 1. The van der Waals surface area contributed by atoms with Gasteiger partial charge in [-0.2, -0.15) is 0 Å². The molecule has 0 bridgehead atoms. The van der Waals surface area contributed by atoms with Crippen molar-refractivity contribution in [2.24, 2.45) is 0 Å². The molecule has 1 aliphatic rings. The fraction of sp³-hybridized carbons (Fsp3) is 0.462. The smallest absolute Gasteiger partial charge is 0.303 e. The summed E-state index contributed by atoms with van der Waals surface area (Å²) >= 11 is 3.47. The second-order valence-corrected chi connectivity index (χ2v) is 5.38. The first-order chi connectivity index (χ1) is 8.07. The minimum absolute atomic E-state index is 0.0905. The third kappa shape index (κ3) is 2.63. The van der Waals surface area contributed by atoms with Gasteiger partial charge in [0.25, 0.3) is 0 Å². The zero-order valence-corrected chi connectivity index (χ0v) is 11.3. The molecule has 17 heavy (non-hydrogen) atoms. The van der Waals surface area contributed by atoms with Gasteiger partial charge < -0.3 is 9.84 Å². The molecule has 0 unspecified atom stereocenters. The zero-order valence-electron chi connectivity index (χ0n) is 9.70. The molecule has 0 amide bonds. The van der Waals surface area contributed by atoms with Gasteiger partial charge in [-0.1, -0.05) is 6.07 Å². The van der Waals surface area contributed by atoms with Crippen LogP contribution in [0.5, 0.6) is 5.75 Å². The van der Waals surface area contributed by atoms with Gasteiger partial charge in [0.2, 0.25) is 0 Å². The van der Waals surface area contributed by atoms with Crippen molar-refractivity contribution >= 4 is 21.9 Å². The van der Waals surface area contributed by atoms with Crippen molar-refractivity contribution < 1.29 is 14.6 Å². The van der Waals surface area contributed by atoms with Crippen LogP contribution in [0, 0.1) is 0 Å². The predicted octanol–water partition coefficient (Wildman–Crippen LogP) is 3.35. The highest BCUT2D eigenvalue weighted by molar-refractivity contribution is 9.10. The van der Waals surface area contributed by atoms with Crippen LogP contribution in [0.4, 0.5) is 0 Å². The molecule has 0 spiro atoms. The summed E-state index contributed by atoms with van der Waals surface area (Å²) in [6.45, 7) is 0. The molecule has 0 saturated heterocycles. The van der Waals surface area contributed by atoms with Crippen LogP contribution in [0.1, 0.15) is 31.2 Å². The van der Waals surface area contributed by atoms with Gasteiger partial charge in [0, 0.05) is 6.42 Å². The average molecular weight is 299 g/mol. The fourth-order valence-electron chi connectivity index (χ4n) is 2.18. The van der Waals surface area contributed by atoms with E-state index in [0.29, 0.717) is 0 Å². The van der Waals surface area contributed by atoms with E-state index in [0.717, 1.165) is 29.5 Å². The summed E-state index contributed by atoms with van der Waals surface area (Å²) in [5, 5.41) is 8.76. The van der Waals surface area contributed by atoms with Crippen molar-refractivity contribution in [3.05, 3.63) is 28.2 Å². The lowest BCUT2D eigenvalue weighted by molar-refractivity contribution is -0.137. The van der Waals surface area contributed by atoms with Crippen LogP contribution in [0.25, 0.3) is 0 Å². The molecular weight excluding hydrogens is 284 g/mol. The van der Waals surface area contributed by atoms with Gasteiger partial charge in [0.1, 0.15) is 5.75 Å². The Morgan fingerprint density at radius 2 is 2.24 bits per heavy atom. The van der Waals surface area contributed by atoms with E-state index in [1.165, 1.54) is 5.56 Å². The van der Waals surface area contributed by atoms with Gasteiger partial charge in [-0.3, -0.25) is 4.79 Å². The van der Waals surface area contributed by atoms with E-state index in [2.05, 4.69) is 15.9 Å². The Balaban J connectivity index is 2.16. The summed E-state index contributed by atoms with van der Waals surface area (Å²) in [5.41, 5.74) is 1.30. The molecule has 1 aromatic carbocycles. The van der Waals surface area contributed by atoms with E-state index >= 15 is 0 Å². The Morgan fingerprint density at radius 3 is 2.71 bits per heavy atom. The quantitative estimate of drug-likeness (QED) is 0.907. The van der Waals surface area contributed by atoms with E-state index < -0.39 is 5.97 Å². The van der Waals surface area contributed by atoms with E-state index in [4.69, 9.17) is 9.84 Å². The predicted molar refractivity (Wildman–Crippen MR) is 68.5 cm³/mol. The van der Waals surface area contributed by atoms with Crippen LogP contribution in [-0.2, 0) is 10.2 Å². The van der Waals surface area contributed by atoms with Gasteiger partial charge >= 0.3 is 5.97 Å². The van der Waals surface area contributed by atoms with Crippen molar-refractivity contribution in [1.82, 2.24) is 0 Å². The maximum atomic E-state index is 10.6. The molecular formula is C13H15BrO3. The zero-order chi connectivity index (χ0) is 12.5. The largest absolute Gasteiger partial charge is 0.496 e. The number of benzene rings is 1. The number of carbonyl (C=O) groups is 1. The Hall–Kier alpha value is -1.03. The molecule has 1 fully saturated rings. The van der Waals surface area contributed by atoms with E-state index in [1.54, 1.807) is 7.11 Å². The number of hydrogen-bond acceptors (Lipinski definition) is 2. The van der Waals surface area contributed by atoms with Crippen molar-refractivity contribution in [3.8, 4) is 5.75 Å². The second kappa shape index (κ2) is 4.69. The number of aliphatic carboxylic acids is 1. The molecule has 0 aromatic heterocycles. The molecule has 92 valence electrons. The van der Waals surface area contributed by atoms with E-state index in [9.17, 15) is 4.79 Å². The minimum atomic E-state index is -0.719. The van der Waals surface area contributed by atoms with Crippen molar-refractivity contribution in [3.63, 3.8) is 0 Å². The maximum Gasteiger partial charge on any atom is 0.303 e. The second-order valence-electron chi connectivity index (χ2n) is 4.52. The molecule has 3 nitrogen and oxygen atoms in total. The standard InChI is InChI=1S/C13H15BrO3/c1-17-11-3-2-9(8-10(11)14)13(6-7-13)5-4-12(15)16/h2-3,8H,4-7H2,1H3,(H,15,16). The van der Waals surface area contributed by atoms with Crippen LogP contribution in [-0.4, -0.2) is 18.2 Å². The molecule has 4 heteroatoms. The summed E-state index contributed by atoms with van der Waals surface area (Å²) in [7, 11) is 1.64. The van der Waals surface area contributed by atoms with Crippen molar-refractivity contribution in [2.45, 2.75) is 31.1 Å². The topological polar surface area (TPSA) is 46.5 Å². The first-order valence-electron chi connectivity index (χ1n) is 5.63. The summed E-state index contributed by atoms with van der Waals surface area (Å²) in [6.07, 6.45) is 3.13. The Bertz CT molecular complexity index is 438. The number of ether oxygens (including phenoxy) is 1. The number of hydrogen-bond donors (Lipinski definition) is 1. The number of rotatable bonds is 5.